The lowest BCUT2D eigenvalue weighted by Crippen LogP contribution is -2.41. The second kappa shape index (κ2) is 9.65. The summed E-state index contributed by atoms with van der Waals surface area (Å²) in [5.41, 5.74) is 4.72. The lowest BCUT2D eigenvalue weighted by Gasteiger charge is -2.23. The molecule has 0 unspecified atom stereocenters. The van der Waals surface area contributed by atoms with Gasteiger partial charge in [-0.3, -0.25) is 14.5 Å². The summed E-state index contributed by atoms with van der Waals surface area (Å²) in [5, 5.41) is 0.439. The smallest absolute Gasteiger partial charge is 0.410 e. The van der Waals surface area contributed by atoms with E-state index >= 15 is 0 Å². The van der Waals surface area contributed by atoms with E-state index < -0.39 is 30.4 Å². The van der Waals surface area contributed by atoms with Gasteiger partial charge in [-0.25, -0.2) is 9.59 Å². The van der Waals surface area contributed by atoms with Crippen molar-refractivity contribution in [1.82, 2.24) is 9.96 Å². The Hall–Kier alpha value is -4.46. The number of nitrogens with zero attached hydrogens (tertiary/aromatic N) is 2. The Morgan fingerprint density at radius 3 is 1.83 bits per heavy atom. The van der Waals surface area contributed by atoms with Crippen LogP contribution in [0.5, 0.6) is 0 Å². The number of carbonyl (C=O) groups excluding carboxylic acids is 4. The normalized spacial score (nSPS) is 13.8. The molecule has 0 N–H and O–H groups in total. The third-order valence-electron chi connectivity index (χ3n) is 6.36. The summed E-state index contributed by atoms with van der Waals surface area (Å²) in [6.07, 6.45) is -0.0946. The van der Waals surface area contributed by atoms with E-state index in [4.69, 9.17) is 9.57 Å². The highest BCUT2D eigenvalue weighted by molar-refractivity contribution is 6.20. The molecule has 5 rings (SSSR count). The third kappa shape index (κ3) is 4.11. The number of amides is 3. The molecule has 36 heavy (non-hydrogen) atoms. The second-order valence-electron chi connectivity index (χ2n) is 8.64. The lowest BCUT2D eigenvalue weighted by molar-refractivity contribution is -0.169. The summed E-state index contributed by atoms with van der Waals surface area (Å²) < 4.78 is 5.65. The highest BCUT2D eigenvalue weighted by atomic mass is 16.7. The zero-order valence-electron chi connectivity index (χ0n) is 19.7. The number of hydroxylamine groups is 2. The Morgan fingerprint density at radius 1 is 0.806 bits per heavy atom. The molecule has 0 saturated carbocycles. The molecule has 3 amide bonds. The lowest BCUT2D eigenvalue weighted by atomic mass is 9.98. The minimum atomic E-state index is -0.911. The van der Waals surface area contributed by atoms with Gasteiger partial charge in [0.25, 0.3) is 11.8 Å². The third-order valence-corrected chi connectivity index (χ3v) is 6.36. The molecule has 0 radical (unpaired) electrons. The van der Waals surface area contributed by atoms with Crippen molar-refractivity contribution in [1.29, 1.82) is 0 Å². The van der Waals surface area contributed by atoms with Crippen LogP contribution in [-0.4, -0.2) is 53.5 Å². The van der Waals surface area contributed by atoms with E-state index in [1.54, 1.807) is 12.1 Å². The predicted molar refractivity (Wildman–Crippen MR) is 130 cm³/mol. The molecular formula is C28H24N2O6. The molecule has 1 aliphatic heterocycles. The Bertz CT molecular complexity index is 1290. The van der Waals surface area contributed by atoms with Gasteiger partial charge in [-0.1, -0.05) is 72.7 Å². The van der Waals surface area contributed by atoms with E-state index in [-0.39, 0.29) is 30.2 Å². The van der Waals surface area contributed by atoms with Crippen molar-refractivity contribution in [3.05, 3.63) is 95.1 Å². The topological polar surface area (TPSA) is 93.2 Å². The maximum atomic E-state index is 12.9. The molecule has 0 bridgehead atoms. The van der Waals surface area contributed by atoms with E-state index in [9.17, 15) is 19.2 Å². The van der Waals surface area contributed by atoms with Gasteiger partial charge in [-0.2, -0.15) is 0 Å². The Labute approximate surface area is 208 Å². The van der Waals surface area contributed by atoms with Crippen LogP contribution in [0.25, 0.3) is 11.1 Å². The molecule has 0 atom stereocenters. The Kier molecular flexibility index (Phi) is 6.25. The SMILES string of the molecule is CCCN(CC(=O)ON1C(=O)c2ccccc2C1=O)C(=O)OCC1c2ccccc2-c2ccccc21. The van der Waals surface area contributed by atoms with E-state index in [1.165, 1.54) is 17.0 Å². The largest absolute Gasteiger partial charge is 0.448 e. The summed E-state index contributed by atoms with van der Waals surface area (Å²) in [7, 11) is 0. The molecule has 0 aromatic heterocycles. The van der Waals surface area contributed by atoms with Crippen LogP contribution in [0.15, 0.2) is 72.8 Å². The van der Waals surface area contributed by atoms with Gasteiger partial charge in [0.1, 0.15) is 13.2 Å². The molecule has 1 heterocycles. The highest BCUT2D eigenvalue weighted by Crippen LogP contribution is 2.44. The first-order chi connectivity index (χ1) is 17.5. The molecule has 8 heteroatoms. The van der Waals surface area contributed by atoms with Crippen LogP contribution in [-0.2, 0) is 14.4 Å². The second-order valence-corrected chi connectivity index (χ2v) is 8.64. The van der Waals surface area contributed by atoms with Crippen LogP contribution < -0.4 is 0 Å². The van der Waals surface area contributed by atoms with Crippen LogP contribution in [0.1, 0.15) is 51.1 Å². The summed E-state index contributed by atoms with van der Waals surface area (Å²) >= 11 is 0. The van der Waals surface area contributed by atoms with Crippen LogP contribution >= 0.6 is 0 Å². The fourth-order valence-electron chi connectivity index (χ4n) is 4.73. The van der Waals surface area contributed by atoms with Gasteiger partial charge in [0.2, 0.25) is 0 Å². The van der Waals surface area contributed by atoms with Gasteiger partial charge < -0.3 is 9.57 Å². The van der Waals surface area contributed by atoms with Gasteiger partial charge in [-0.05, 0) is 40.8 Å². The van der Waals surface area contributed by atoms with E-state index in [0.717, 1.165) is 22.3 Å². The zero-order chi connectivity index (χ0) is 25.2. The Balaban J connectivity index is 1.24. The van der Waals surface area contributed by atoms with Crippen molar-refractivity contribution in [2.24, 2.45) is 0 Å². The minimum absolute atomic E-state index is 0.112. The fraction of sp³-hybridized carbons (Fsp3) is 0.214. The van der Waals surface area contributed by atoms with Gasteiger partial charge in [0.05, 0.1) is 11.1 Å². The van der Waals surface area contributed by atoms with Crippen LogP contribution in [0.4, 0.5) is 4.79 Å². The predicted octanol–water partition coefficient (Wildman–Crippen LogP) is 4.40. The first-order valence-corrected chi connectivity index (χ1v) is 11.8. The molecule has 8 nitrogen and oxygen atoms in total. The average molecular weight is 485 g/mol. The average Bonchev–Trinajstić information content (AvgIpc) is 3.34. The van der Waals surface area contributed by atoms with Crippen LogP contribution in [0.3, 0.4) is 0 Å². The maximum absolute atomic E-state index is 12.9. The summed E-state index contributed by atoms with van der Waals surface area (Å²) in [4.78, 5) is 56.7. The first-order valence-electron chi connectivity index (χ1n) is 11.8. The fourth-order valence-corrected chi connectivity index (χ4v) is 4.73. The molecule has 0 saturated heterocycles. The maximum Gasteiger partial charge on any atom is 0.410 e. The van der Waals surface area contributed by atoms with Crippen molar-refractivity contribution in [3.63, 3.8) is 0 Å². The molecule has 3 aromatic carbocycles. The number of hydrogen-bond donors (Lipinski definition) is 0. The summed E-state index contributed by atoms with van der Waals surface area (Å²) in [6.45, 7) is 1.76. The molecule has 2 aliphatic rings. The van der Waals surface area contributed by atoms with Crippen LogP contribution in [0, 0.1) is 0 Å². The minimum Gasteiger partial charge on any atom is -0.448 e. The van der Waals surface area contributed by atoms with Crippen molar-refractivity contribution >= 4 is 23.9 Å². The number of hydrogen-bond acceptors (Lipinski definition) is 6. The highest BCUT2D eigenvalue weighted by Gasteiger charge is 2.39. The van der Waals surface area contributed by atoms with E-state index in [0.29, 0.717) is 11.5 Å². The quantitative estimate of drug-likeness (QED) is 0.462. The van der Waals surface area contributed by atoms with Crippen LogP contribution in [0.2, 0.25) is 0 Å². The molecule has 1 aliphatic carbocycles. The molecule has 0 fully saturated rings. The summed E-state index contributed by atoms with van der Waals surface area (Å²) in [6, 6.07) is 22.2. The van der Waals surface area contributed by atoms with Gasteiger partial charge in [0, 0.05) is 12.5 Å². The Morgan fingerprint density at radius 2 is 1.31 bits per heavy atom. The monoisotopic (exact) mass is 484 g/mol. The standard InChI is InChI=1S/C28H24N2O6/c1-2-15-29(16-25(31)36-30-26(32)22-13-7-8-14-23(22)27(30)33)28(34)35-17-24-20-11-5-3-9-18(20)19-10-4-6-12-21(19)24/h3-14,24H,2,15-17H2,1H3. The summed E-state index contributed by atoms with van der Waals surface area (Å²) in [5.74, 6) is -2.46. The van der Waals surface area contributed by atoms with Crippen molar-refractivity contribution in [3.8, 4) is 11.1 Å². The first kappa shape index (κ1) is 23.3. The number of fused-ring (bicyclic) bond motifs is 4. The molecule has 3 aromatic rings. The molecule has 182 valence electrons. The van der Waals surface area contributed by atoms with Crippen molar-refractivity contribution in [2.45, 2.75) is 19.3 Å². The van der Waals surface area contributed by atoms with Gasteiger partial charge in [0.15, 0.2) is 0 Å². The number of ether oxygens (including phenoxy) is 1. The van der Waals surface area contributed by atoms with E-state index in [2.05, 4.69) is 12.1 Å². The number of benzene rings is 3. The number of rotatable bonds is 7. The van der Waals surface area contributed by atoms with Crippen molar-refractivity contribution < 1.29 is 28.8 Å². The molecular weight excluding hydrogens is 460 g/mol. The van der Waals surface area contributed by atoms with E-state index in [1.807, 2.05) is 43.3 Å². The number of carbonyl (C=O) groups is 4. The molecule has 0 spiro atoms. The zero-order valence-corrected chi connectivity index (χ0v) is 19.7. The number of imide groups is 1. The van der Waals surface area contributed by atoms with Crippen molar-refractivity contribution in [2.75, 3.05) is 19.7 Å². The van der Waals surface area contributed by atoms with Gasteiger partial charge >= 0.3 is 12.1 Å². The van der Waals surface area contributed by atoms with Gasteiger partial charge in [-0.15, -0.1) is 0 Å².